The molecule has 0 aliphatic rings. The minimum Gasteiger partial charge on any atom is -0.485 e. The highest BCUT2D eigenvalue weighted by Gasteiger charge is 2.16. The summed E-state index contributed by atoms with van der Waals surface area (Å²) in [5.41, 5.74) is 0. The average Bonchev–Trinajstić information content (AvgIpc) is 2.30. The van der Waals surface area contributed by atoms with Gasteiger partial charge in [0.25, 0.3) is 0 Å². The molecule has 100 valence electrons. The van der Waals surface area contributed by atoms with Gasteiger partial charge in [-0.05, 0) is 25.5 Å². The molecule has 0 fully saturated rings. The standard InChI is InChI=1S/C12H13BrF2O3/c1-7(3-4-11(16)17-2)18-12-9(14)5-8(13)6-10(12)15/h5-7H,3-4H2,1-2H3/t7-/m1/s1. The SMILES string of the molecule is COC(=O)CC[C@@H](C)Oc1c(F)cc(Br)cc1F. The second-order valence-electron chi connectivity index (χ2n) is 3.74. The Morgan fingerprint density at radius 1 is 1.39 bits per heavy atom. The normalized spacial score (nSPS) is 12.1. The van der Waals surface area contributed by atoms with Crippen molar-refractivity contribution in [1.29, 1.82) is 0 Å². The number of benzene rings is 1. The molecule has 0 aromatic heterocycles. The summed E-state index contributed by atoms with van der Waals surface area (Å²) in [6.07, 6.45) is -0.0340. The maximum atomic E-state index is 13.5. The van der Waals surface area contributed by atoms with E-state index in [4.69, 9.17) is 4.74 Å². The van der Waals surface area contributed by atoms with E-state index in [-0.39, 0.29) is 12.4 Å². The Morgan fingerprint density at radius 3 is 2.44 bits per heavy atom. The molecule has 3 nitrogen and oxygen atoms in total. The molecule has 1 atom stereocenters. The Labute approximate surface area is 112 Å². The van der Waals surface area contributed by atoms with E-state index in [2.05, 4.69) is 20.7 Å². The molecule has 0 saturated heterocycles. The molecule has 0 saturated carbocycles. The number of hydrogen-bond acceptors (Lipinski definition) is 3. The van der Waals surface area contributed by atoms with Gasteiger partial charge in [-0.15, -0.1) is 0 Å². The van der Waals surface area contributed by atoms with Crippen molar-refractivity contribution in [3.05, 3.63) is 28.2 Å². The summed E-state index contributed by atoms with van der Waals surface area (Å²) in [6, 6.07) is 2.23. The highest BCUT2D eigenvalue weighted by Crippen LogP contribution is 2.27. The van der Waals surface area contributed by atoms with E-state index in [1.54, 1.807) is 6.92 Å². The first-order chi connectivity index (χ1) is 8.43. The van der Waals surface area contributed by atoms with Crippen LogP contribution in [-0.2, 0) is 9.53 Å². The van der Waals surface area contributed by atoms with Crippen LogP contribution in [0.2, 0.25) is 0 Å². The molecule has 0 N–H and O–H groups in total. The van der Waals surface area contributed by atoms with E-state index in [1.165, 1.54) is 7.11 Å². The van der Waals surface area contributed by atoms with Crippen molar-refractivity contribution in [3.8, 4) is 5.75 Å². The van der Waals surface area contributed by atoms with Crippen LogP contribution in [0.3, 0.4) is 0 Å². The Balaban J connectivity index is 2.64. The molecule has 1 aromatic rings. The van der Waals surface area contributed by atoms with Crippen LogP contribution in [-0.4, -0.2) is 19.2 Å². The summed E-state index contributed by atoms with van der Waals surface area (Å²) in [5, 5.41) is 0. The van der Waals surface area contributed by atoms with Crippen LogP contribution in [0.15, 0.2) is 16.6 Å². The predicted octanol–water partition coefficient (Wildman–Crippen LogP) is 3.45. The Bertz CT molecular complexity index is 414. The van der Waals surface area contributed by atoms with Gasteiger partial charge in [0.05, 0.1) is 13.2 Å². The lowest BCUT2D eigenvalue weighted by atomic mass is 10.2. The lowest BCUT2D eigenvalue weighted by molar-refractivity contribution is -0.141. The molecule has 18 heavy (non-hydrogen) atoms. The van der Waals surface area contributed by atoms with Gasteiger partial charge in [0, 0.05) is 10.9 Å². The van der Waals surface area contributed by atoms with Gasteiger partial charge in [-0.25, -0.2) is 8.78 Å². The van der Waals surface area contributed by atoms with Crippen molar-refractivity contribution in [3.63, 3.8) is 0 Å². The molecular formula is C12H13BrF2O3. The van der Waals surface area contributed by atoms with Crippen LogP contribution >= 0.6 is 15.9 Å². The minimum atomic E-state index is -0.785. The van der Waals surface area contributed by atoms with Gasteiger partial charge in [-0.3, -0.25) is 4.79 Å². The van der Waals surface area contributed by atoms with E-state index < -0.39 is 23.5 Å². The second kappa shape index (κ2) is 6.68. The van der Waals surface area contributed by atoms with Crippen molar-refractivity contribution >= 4 is 21.9 Å². The van der Waals surface area contributed by atoms with Crippen LogP contribution in [0.4, 0.5) is 8.78 Å². The number of hydrogen-bond donors (Lipinski definition) is 0. The third kappa shape index (κ3) is 4.25. The topological polar surface area (TPSA) is 35.5 Å². The summed E-state index contributed by atoms with van der Waals surface area (Å²) in [6.45, 7) is 1.63. The van der Waals surface area contributed by atoms with Crippen molar-refractivity contribution in [2.24, 2.45) is 0 Å². The molecule has 0 bridgehead atoms. The van der Waals surface area contributed by atoms with Crippen molar-refractivity contribution in [1.82, 2.24) is 0 Å². The van der Waals surface area contributed by atoms with E-state index in [1.807, 2.05) is 0 Å². The Morgan fingerprint density at radius 2 is 1.94 bits per heavy atom. The number of carbonyl (C=O) groups is 1. The molecule has 0 aliphatic carbocycles. The zero-order valence-electron chi connectivity index (χ0n) is 10.0. The molecule has 0 radical (unpaired) electrons. The first-order valence-corrected chi connectivity index (χ1v) is 6.11. The van der Waals surface area contributed by atoms with Gasteiger partial charge >= 0.3 is 5.97 Å². The van der Waals surface area contributed by atoms with E-state index >= 15 is 0 Å². The predicted molar refractivity (Wildman–Crippen MR) is 65.4 cm³/mol. The van der Waals surface area contributed by atoms with Crippen LogP contribution in [0.5, 0.6) is 5.75 Å². The largest absolute Gasteiger partial charge is 0.485 e. The summed E-state index contributed by atoms with van der Waals surface area (Å²) < 4.78 is 36.8. The van der Waals surface area contributed by atoms with Crippen LogP contribution < -0.4 is 4.74 Å². The van der Waals surface area contributed by atoms with Gasteiger partial charge < -0.3 is 9.47 Å². The van der Waals surface area contributed by atoms with Crippen molar-refractivity contribution in [2.45, 2.75) is 25.9 Å². The highest BCUT2D eigenvalue weighted by atomic mass is 79.9. The fourth-order valence-electron chi connectivity index (χ4n) is 1.32. The molecule has 0 aliphatic heterocycles. The van der Waals surface area contributed by atoms with Crippen molar-refractivity contribution < 1.29 is 23.0 Å². The summed E-state index contributed by atoms with van der Waals surface area (Å²) in [5.74, 6) is -2.39. The van der Waals surface area contributed by atoms with Gasteiger partial charge in [0.1, 0.15) is 0 Å². The first-order valence-electron chi connectivity index (χ1n) is 5.32. The van der Waals surface area contributed by atoms with Gasteiger partial charge in [-0.2, -0.15) is 0 Å². The highest BCUT2D eigenvalue weighted by molar-refractivity contribution is 9.10. The summed E-state index contributed by atoms with van der Waals surface area (Å²) in [7, 11) is 1.28. The number of ether oxygens (including phenoxy) is 2. The first kappa shape index (κ1) is 14.9. The number of carbonyl (C=O) groups excluding carboxylic acids is 1. The molecular weight excluding hydrogens is 310 g/mol. The number of rotatable bonds is 5. The quantitative estimate of drug-likeness (QED) is 0.779. The zero-order valence-corrected chi connectivity index (χ0v) is 11.6. The van der Waals surface area contributed by atoms with E-state index in [0.29, 0.717) is 10.9 Å². The fourth-order valence-corrected chi connectivity index (χ4v) is 1.73. The van der Waals surface area contributed by atoms with Crippen LogP contribution in [0.1, 0.15) is 19.8 Å². The maximum absolute atomic E-state index is 13.5. The van der Waals surface area contributed by atoms with Gasteiger partial charge in [-0.1, -0.05) is 15.9 Å². The summed E-state index contributed by atoms with van der Waals surface area (Å²) in [4.78, 5) is 10.9. The molecule has 0 heterocycles. The van der Waals surface area contributed by atoms with Crippen LogP contribution in [0, 0.1) is 11.6 Å². The maximum Gasteiger partial charge on any atom is 0.305 e. The molecule has 0 amide bonds. The molecule has 0 unspecified atom stereocenters. The third-order valence-electron chi connectivity index (χ3n) is 2.26. The number of methoxy groups -OCH3 is 1. The van der Waals surface area contributed by atoms with Gasteiger partial charge in [0.2, 0.25) is 0 Å². The number of halogens is 3. The Hall–Kier alpha value is -1.17. The van der Waals surface area contributed by atoms with Crippen LogP contribution in [0.25, 0.3) is 0 Å². The van der Waals surface area contributed by atoms with Gasteiger partial charge in [0.15, 0.2) is 17.4 Å². The second-order valence-corrected chi connectivity index (χ2v) is 4.66. The lowest BCUT2D eigenvalue weighted by Gasteiger charge is -2.15. The molecule has 1 rings (SSSR count). The zero-order chi connectivity index (χ0) is 13.7. The van der Waals surface area contributed by atoms with Crippen molar-refractivity contribution in [2.75, 3.05) is 7.11 Å². The molecule has 1 aromatic carbocycles. The molecule has 6 heteroatoms. The summed E-state index contributed by atoms with van der Waals surface area (Å²) >= 11 is 2.98. The Kier molecular flexibility index (Phi) is 5.53. The lowest BCUT2D eigenvalue weighted by Crippen LogP contribution is -2.16. The van der Waals surface area contributed by atoms with E-state index in [9.17, 15) is 13.6 Å². The van der Waals surface area contributed by atoms with E-state index in [0.717, 1.165) is 12.1 Å². The average molecular weight is 323 g/mol. The third-order valence-corrected chi connectivity index (χ3v) is 2.72. The minimum absolute atomic E-state index is 0.136. The number of esters is 1. The molecule has 0 spiro atoms. The fraction of sp³-hybridized carbons (Fsp3) is 0.417. The monoisotopic (exact) mass is 322 g/mol. The smallest absolute Gasteiger partial charge is 0.305 e.